The Morgan fingerprint density at radius 2 is 2.10 bits per heavy atom. The predicted octanol–water partition coefficient (Wildman–Crippen LogP) is 3.42. The number of hydrogen-bond donors (Lipinski definition) is 0. The Kier molecular flexibility index (Phi) is 4.37. The molecule has 108 valence electrons. The van der Waals surface area contributed by atoms with E-state index in [2.05, 4.69) is 11.8 Å². The molecule has 1 atom stereocenters. The van der Waals surface area contributed by atoms with Gasteiger partial charge in [0.1, 0.15) is 0 Å². The maximum absolute atomic E-state index is 11.4. The minimum atomic E-state index is -0.472. The van der Waals surface area contributed by atoms with E-state index in [1.807, 2.05) is 6.07 Å². The molecule has 0 spiro atoms. The van der Waals surface area contributed by atoms with E-state index in [-0.39, 0.29) is 17.0 Å². The molecule has 0 aromatic heterocycles. The maximum atomic E-state index is 11.4. The lowest BCUT2D eigenvalue weighted by molar-refractivity contribution is -0.385. The number of Topliss-reactive ketones (excluding diaryl/α,β-unsaturated/α-hetero) is 1. The van der Waals surface area contributed by atoms with Crippen molar-refractivity contribution in [3.63, 3.8) is 0 Å². The summed E-state index contributed by atoms with van der Waals surface area (Å²) in [4.78, 5) is 24.3. The van der Waals surface area contributed by atoms with Crippen molar-refractivity contribution in [3.05, 3.63) is 33.9 Å². The normalized spacial score (nSPS) is 19.5. The standard InChI is InChI=1S/C15H20N2O3/c1-11-4-3-8-16(9-7-11)13-5-6-14(12(2)18)15(10-13)17(19)20/h5-6,10-11H,3-4,7-9H2,1-2H3. The third-order valence-electron chi connectivity index (χ3n) is 3.94. The molecule has 1 aliphatic rings. The fraction of sp³-hybridized carbons (Fsp3) is 0.533. The van der Waals surface area contributed by atoms with Crippen molar-refractivity contribution in [3.8, 4) is 0 Å². The van der Waals surface area contributed by atoms with Crippen LogP contribution >= 0.6 is 0 Å². The molecule has 0 aliphatic carbocycles. The SMILES string of the molecule is CC(=O)c1ccc(N2CCCC(C)CC2)cc1[N+](=O)[O-]. The Labute approximate surface area is 118 Å². The van der Waals surface area contributed by atoms with E-state index in [0.29, 0.717) is 5.92 Å². The van der Waals surface area contributed by atoms with Crippen molar-refractivity contribution in [1.82, 2.24) is 0 Å². The zero-order valence-corrected chi connectivity index (χ0v) is 12.0. The van der Waals surface area contributed by atoms with Gasteiger partial charge in [0.25, 0.3) is 5.69 Å². The van der Waals surface area contributed by atoms with Crippen LogP contribution in [0, 0.1) is 16.0 Å². The molecule has 0 radical (unpaired) electrons. The van der Waals surface area contributed by atoms with Crippen molar-refractivity contribution in [2.75, 3.05) is 18.0 Å². The fourth-order valence-electron chi connectivity index (χ4n) is 2.69. The van der Waals surface area contributed by atoms with Crippen molar-refractivity contribution < 1.29 is 9.72 Å². The number of nitrogens with zero attached hydrogens (tertiary/aromatic N) is 2. The highest BCUT2D eigenvalue weighted by Gasteiger charge is 2.21. The molecule has 0 saturated carbocycles. The average Bonchev–Trinajstić information content (AvgIpc) is 2.62. The highest BCUT2D eigenvalue weighted by molar-refractivity contribution is 5.98. The summed E-state index contributed by atoms with van der Waals surface area (Å²) in [6, 6.07) is 4.93. The number of hydrogen-bond acceptors (Lipinski definition) is 4. The van der Waals surface area contributed by atoms with Gasteiger partial charge in [0.05, 0.1) is 10.5 Å². The van der Waals surface area contributed by atoms with Gasteiger partial charge in [0, 0.05) is 24.8 Å². The van der Waals surface area contributed by atoms with Crippen LogP contribution in [-0.2, 0) is 0 Å². The summed E-state index contributed by atoms with van der Waals surface area (Å²) in [5, 5.41) is 11.1. The van der Waals surface area contributed by atoms with E-state index < -0.39 is 4.92 Å². The lowest BCUT2D eigenvalue weighted by Gasteiger charge is -2.22. The van der Waals surface area contributed by atoms with E-state index >= 15 is 0 Å². The largest absolute Gasteiger partial charge is 0.371 e. The van der Waals surface area contributed by atoms with Crippen molar-refractivity contribution in [2.45, 2.75) is 33.1 Å². The van der Waals surface area contributed by atoms with Gasteiger partial charge in [-0.25, -0.2) is 0 Å². The second kappa shape index (κ2) is 6.03. The summed E-state index contributed by atoms with van der Waals surface area (Å²) < 4.78 is 0. The second-order valence-electron chi connectivity index (χ2n) is 5.54. The van der Waals surface area contributed by atoms with Gasteiger partial charge in [-0.2, -0.15) is 0 Å². The van der Waals surface area contributed by atoms with Crippen molar-refractivity contribution in [1.29, 1.82) is 0 Å². The minimum absolute atomic E-state index is 0.0905. The number of benzene rings is 1. The molecule has 1 aromatic carbocycles. The number of nitro benzene ring substituents is 1. The molecule has 1 unspecified atom stereocenters. The topological polar surface area (TPSA) is 63.5 Å². The summed E-state index contributed by atoms with van der Waals surface area (Å²) in [5.74, 6) is 0.430. The summed E-state index contributed by atoms with van der Waals surface area (Å²) in [5.41, 5.74) is 0.935. The van der Waals surface area contributed by atoms with E-state index in [4.69, 9.17) is 0 Å². The molecule has 0 bridgehead atoms. The first-order valence-electron chi connectivity index (χ1n) is 7.03. The zero-order valence-electron chi connectivity index (χ0n) is 12.0. The van der Waals surface area contributed by atoms with Gasteiger partial charge in [-0.15, -0.1) is 0 Å². The maximum Gasteiger partial charge on any atom is 0.282 e. The number of nitro groups is 1. The van der Waals surface area contributed by atoms with Gasteiger partial charge in [-0.1, -0.05) is 6.92 Å². The summed E-state index contributed by atoms with van der Waals surface area (Å²) in [6.07, 6.45) is 3.40. The molecular weight excluding hydrogens is 256 g/mol. The van der Waals surface area contributed by atoms with E-state index in [9.17, 15) is 14.9 Å². The fourth-order valence-corrected chi connectivity index (χ4v) is 2.69. The van der Waals surface area contributed by atoms with Crippen molar-refractivity contribution in [2.24, 2.45) is 5.92 Å². The first-order valence-corrected chi connectivity index (χ1v) is 7.03. The molecule has 5 heteroatoms. The lowest BCUT2D eigenvalue weighted by Crippen LogP contribution is -2.24. The van der Waals surface area contributed by atoms with Crippen LogP contribution < -0.4 is 4.90 Å². The minimum Gasteiger partial charge on any atom is -0.371 e. The lowest BCUT2D eigenvalue weighted by atomic mass is 10.0. The van der Waals surface area contributed by atoms with Crippen LogP contribution in [0.15, 0.2) is 18.2 Å². The highest BCUT2D eigenvalue weighted by Crippen LogP contribution is 2.28. The van der Waals surface area contributed by atoms with Crippen LogP contribution in [0.5, 0.6) is 0 Å². The molecule has 20 heavy (non-hydrogen) atoms. The smallest absolute Gasteiger partial charge is 0.282 e. The first-order chi connectivity index (χ1) is 9.49. The molecule has 1 heterocycles. The van der Waals surface area contributed by atoms with Gasteiger partial charge >= 0.3 is 0 Å². The van der Waals surface area contributed by atoms with Gasteiger partial charge in [0.15, 0.2) is 5.78 Å². The molecule has 1 aliphatic heterocycles. The molecule has 5 nitrogen and oxygen atoms in total. The summed E-state index contributed by atoms with van der Waals surface area (Å²) in [6.45, 7) is 5.43. The first kappa shape index (κ1) is 14.5. The van der Waals surface area contributed by atoms with Gasteiger partial charge in [0.2, 0.25) is 0 Å². The number of rotatable bonds is 3. The highest BCUT2D eigenvalue weighted by atomic mass is 16.6. The molecular formula is C15H20N2O3. The van der Waals surface area contributed by atoms with Crippen LogP contribution in [0.2, 0.25) is 0 Å². The Hall–Kier alpha value is -1.91. The Bertz CT molecular complexity index is 528. The Morgan fingerprint density at radius 1 is 1.35 bits per heavy atom. The number of ketones is 1. The third kappa shape index (κ3) is 3.15. The van der Waals surface area contributed by atoms with Gasteiger partial charge in [-0.3, -0.25) is 14.9 Å². The van der Waals surface area contributed by atoms with E-state index in [1.54, 1.807) is 6.07 Å². The Morgan fingerprint density at radius 3 is 2.75 bits per heavy atom. The number of carbonyl (C=O) groups excluding carboxylic acids is 1. The summed E-state index contributed by atoms with van der Waals surface area (Å²) in [7, 11) is 0. The summed E-state index contributed by atoms with van der Waals surface area (Å²) >= 11 is 0. The Balaban J connectivity index is 2.31. The predicted molar refractivity (Wildman–Crippen MR) is 78.3 cm³/mol. The van der Waals surface area contributed by atoms with Crippen LogP contribution in [0.3, 0.4) is 0 Å². The van der Waals surface area contributed by atoms with E-state index in [1.165, 1.54) is 19.4 Å². The van der Waals surface area contributed by atoms with Gasteiger partial charge < -0.3 is 4.90 Å². The number of anilines is 1. The molecule has 0 N–H and O–H groups in total. The quantitative estimate of drug-likeness (QED) is 0.482. The van der Waals surface area contributed by atoms with Gasteiger partial charge in [-0.05, 0) is 44.2 Å². The number of carbonyl (C=O) groups is 1. The van der Waals surface area contributed by atoms with Crippen LogP contribution in [0.4, 0.5) is 11.4 Å². The monoisotopic (exact) mass is 276 g/mol. The molecule has 1 fully saturated rings. The van der Waals surface area contributed by atoms with Crippen LogP contribution in [-0.4, -0.2) is 23.8 Å². The molecule has 0 amide bonds. The molecule has 2 rings (SSSR count). The zero-order chi connectivity index (χ0) is 14.7. The van der Waals surface area contributed by atoms with E-state index in [0.717, 1.165) is 31.6 Å². The second-order valence-corrected chi connectivity index (χ2v) is 5.54. The third-order valence-corrected chi connectivity index (χ3v) is 3.94. The van der Waals surface area contributed by atoms with Crippen LogP contribution in [0.25, 0.3) is 0 Å². The van der Waals surface area contributed by atoms with Crippen LogP contribution in [0.1, 0.15) is 43.5 Å². The molecule has 1 aromatic rings. The average molecular weight is 276 g/mol. The van der Waals surface area contributed by atoms with Crippen molar-refractivity contribution >= 4 is 17.2 Å². The molecule has 1 saturated heterocycles.